The molecule has 0 atom stereocenters. The van der Waals surface area contributed by atoms with E-state index in [9.17, 15) is 0 Å². The molecule has 0 saturated carbocycles. The predicted molar refractivity (Wildman–Crippen MR) is 54.7 cm³/mol. The van der Waals surface area contributed by atoms with Gasteiger partial charge in [0, 0.05) is 6.42 Å². The van der Waals surface area contributed by atoms with E-state index in [-0.39, 0.29) is 0 Å². The monoisotopic (exact) mass is 173 g/mol. The summed E-state index contributed by atoms with van der Waals surface area (Å²) >= 11 is 4.88. The molecule has 1 nitrogen and oxygen atoms in total. The van der Waals surface area contributed by atoms with Crippen LogP contribution in [0.25, 0.3) is 0 Å². The second kappa shape index (κ2) is 6.59. The fraction of sp³-hybridized carbons (Fsp3) is 0.889. The first kappa shape index (κ1) is 10.9. The Morgan fingerprint density at radius 3 is 2.00 bits per heavy atom. The van der Waals surface area contributed by atoms with Crippen molar-refractivity contribution in [2.24, 2.45) is 11.7 Å². The first-order chi connectivity index (χ1) is 5.20. The molecule has 0 aliphatic rings. The molecular weight excluding hydrogens is 154 g/mol. The predicted octanol–water partition coefficient (Wildman–Crippen LogP) is 2.88. The zero-order valence-corrected chi connectivity index (χ0v) is 8.41. The van der Waals surface area contributed by atoms with Crippen LogP contribution in [0, 0.1) is 5.92 Å². The molecule has 66 valence electrons. The highest BCUT2D eigenvalue weighted by molar-refractivity contribution is 7.80. The minimum Gasteiger partial charge on any atom is -0.393 e. The van der Waals surface area contributed by atoms with E-state index in [0.717, 1.165) is 12.3 Å². The van der Waals surface area contributed by atoms with Crippen LogP contribution < -0.4 is 5.73 Å². The van der Waals surface area contributed by atoms with Gasteiger partial charge in [0.05, 0.1) is 4.99 Å². The average molecular weight is 173 g/mol. The molecule has 0 fully saturated rings. The molecule has 0 radical (unpaired) electrons. The van der Waals surface area contributed by atoms with E-state index in [1.165, 1.54) is 25.7 Å². The molecule has 0 aliphatic heterocycles. The van der Waals surface area contributed by atoms with Crippen LogP contribution in [0.5, 0.6) is 0 Å². The lowest BCUT2D eigenvalue weighted by Crippen LogP contribution is -2.14. The third-order valence-corrected chi connectivity index (χ3v) is 2.05. The molecule has 0 aromatic heterocycles. The molecule has 2 heteroatoms. The average Bonchev–Trinajstić information content (AvgIpc) is 1.87. The smallest absolute Gasteiger partial charge is 0.0730 e. The lowest BCUT2D eigenvalue weighted by molar-refractivity contribution is 0.456. The zero-order chi connectivity index (χ0) is 8.69. The van der Waals surface area contributed by atoms with Gasteiger partial charge in [-0.25, -0.2) is 0 Å². The topological polar surface area (TPSA) is 26.0 Å². The lowest BCUT2D eigenvalue weighted by Gasteiger charge is -2.13. The Hall–Kier alpha value is -0.110. The fourth-order valence-electron chi connectivity index (χ4n) is 1.45. The van der Waals surface area contributed by atoms with Crippen LogP contribution in [0.1, 0.15) is 46.0 Å². The lowest BCUT2D eigenvalue weighted by atomic mass is 9.95. The van der Waals surface area contributed by atoms with Crippen LogP contribution in [0.3, 0.4) is 0 Å². The van der Waals surface area contributed by atoms with Crippen molar-refractivity contribution in [2.45, 2.75) is 46.0 Å². The third-order valence-electron chi connectivity index (χ3n) is 1.88. The second-order valence-corrected chi connectivity index (χ2v) is 3.64. The quantitative estimate of drug-likeness (QED) is 0.625. The van der Waals surface area contributed by atoms with Gasteiger partial charge in [0.1, 0.15) is 0 Å². The highest BCUT2D eigenvalue weighted by Crippen LogP contribution is 2.16. The van der Waals surface area contributed by atoms with Crippen LogP contribution in [-0.2, 0) is 0 Å². The minimum atomic E-state index is 0.678. The van der Waals surface area contributed by atoms with Crippen molar-refractivity contribution in [2.75, 3.05) is 0 Å². The Balaban J connectivity index is 3.59. The molecule has 0 unspecified atom stereocenters. The fourth-order valence-corrected chi connectivity index (χ4v) is 1.69. The highest BCUT2D eigenvalue weighted by atomic mass is 32.1. The standard InChI is InChI=1S/C9H19NS/c1-3-5-8(6-4-2)7-9(10)11/h8H,3-7H2,1-2H3,(H2,10,11). The summed E-state index contributed by atoms with van der Waals surface area (Å²) in [6, 6.07) is 0. The summed E-state index contributed by atoms with van der Waals surface area (Å²) in [4.78, 5) is 0.678. The van der Waals surface area contributed by atoms with E-state index in [1.54, 1.807) is 0 Å². The van der Waals surface area contributed by atoms with Gasteiger partial charge in [0.25, 0.3) is 0 Å². The van der Waals surface area contributed by atoms with E-state index < -0.39 is 0 Å². The molecule has 0 aromatic rings. The Morgan fingerprint density at radius 1 is 1.27 bits per heavy atom. The maximum atomic E-state index is 5.49. The maximum absolute atomic E-state index is 5.49. The van der Waals surface area contributed by atoms with Gasteiger partial charge in [0.2, 0.25) is 0 Å². The van der Waals surface area contributed by atoms with Crippen LogP contribution >= 0.6 is 12.2 Å². The number of rotatable bonds is 6. The van der Waals surface area contributed by atoms with Gasteiger partial charge in [0.15, 0.2) is 0 Å². The zero-order valence-electron chi connectivity index (χ0n) is 7.60. The molecule has 0 rings (SSSR count). The molecule has 11 heavy (non-hydrogen) atoms. The van der Waals surface area contributed by atoms with Gasteiger partial charge in [-0.3, -0.25) is 0 Å². The summed E-state index contributed by atoms with van der Waals surface area (Å²) in [6.07, 6.45) is 5.97. The first-order valence-electron chi connectivity index (χ1n) is 4.49. The van der Waals surface area contributed by atoms with E-state index >= 15 is 0 Å². The van der Waals surface area contributed by atoms with Crippen molar-refractivity contribution >= 4 is 17.2 Å². The molecule has 0 bridgehead atoms. The summed E-state index contributed by atoms with van der Waals surface area (Å²) < 4.78 is 0. The molecule has 0 spiro atoms. The van der Waals surface area contributed by atoms with Crippen LogP contribution in [0.4, 0.5) is 0 Å². The molecule has 2 N–H and O–H groups in total. The number of hydrogen-bond acceptors (Lipinski definition) is 1. The third kappa shape index (κ3) is 6.29. The van der Waals surface area contributed by atoms with E-state index in [2.05, 4.69) is 13.8 Å². The molecule has 0 aliphatic carbocycles. The molecule has 0 aromatic carbocycles. The van der Waals surface area contributed by atoms with E-state index in [1.807, 2.05) is 0 Å². The first-order valence-corrected chi connectivity index (χ1v) is 4.89. The van der Waals surface area contributed by atoms with Crippen LogP contribution in [0.15, 0.2) is 0 Å². The van der Waals surface area contributed by atoms with Crippen molar-refractivity contribution in [3.63, 3.8) is 0 Å². The van der Waals surface area contributed by atoms with E-state index in [4.69, 9.17) is 18.0 Å². The normalized spacial score (nSPS) is 10.5. The van der Waals surface area contributed by atoms with Crippen molar-refractivity contribution in [3.8, 4) is 0 Å². The van der Waals surface area contributed by atoms with Gasteiger partial charge in [-0.2, -0.15) is 0 Å². The largest absolute Gasteiger partial charge is 0.393 e. The molecule has 0 amide bonds. The van der Waals surface area contributed by atoms with Crippen LogP contribution in [-0.4, -0.2) is 4.99 Å². The molecule has 0 heterocycles. The summed E-state index contributed by atoms with van der Waals surface area (Å²) in [5, 5.41) is 0. The minimum absolute atomic E-state index is 0.678. The summed E-state index contributed by atoms with van der Waals surface area (Å²) in [7, 11) is 0. The van der Waals surface area contributed by atoms with Crippen molar-refractivity contribution < 1.29 is 0 Å². The molecular formula is C9H19NS. The summed E-state index contributed by atoms with van der Waals surface area (Å²) in [5.41, 5.74) is 5.49. The van der Waals surface area contributed by atoms with Gasteiger partial charge < -0.3 is 5.73 Å². The Bertz CT molecular complexity index is 106. The Kier molecular flexibility index (Phi) is 6.52. The van der Waals surface area contributed by atoms with Gasteiger partial charge >= 0.3 is 0 Å². The number of thiocarbonyl (C=S) groups is 1. The Labute approximate surface area is 75.4 Å². The highest BCUT2D eigenvalue weighted by Gasteiger charge is 2.06. The summed E-state index contributed by atoms with van der Waals surface area (Å²) in [6.45, 7) is 4.42. The van der Waals surface area contributed by atoms with Gasteiger partial charge in [-0.05, 0) is 5.92 Å². The summed E-state index contributed by atoms with van der Waals surface area (Å²) in [5.74, 6) is 0.738. The second-order valence-electron chi connectivity index (χ2n) is 3.11. The molecule has 0 saturated heterocycles. The number of nitrogens with two attached hydrogens (primary N) is 1. The van der Waals surface area contributed by atoms with E-state index in [0.29, 0.717) is 4.99 Å². The Morgan fingerprint density at radius 2 is 1.73 bits per heavy atom. The SMILES string of the molecule is CCCC(CCC)CC(N)=S. The van der Waals surface area contributed by atoms with Crippen molar-refractivity contribution in [1.29, 1.82) is 0 Å². The number of hydrogen-bond donors (Lipinski definition) is 1. The van der Waals surface area contributed by atoms with Crippen molar-refractivity contribution in [3.05, 3.63) is 0 Å². The van der Waals surface area contributed by atoms with Crippen molar-refractivity contribution in [1.82, 2.24) is 0 Å². The van der Waals surface area contributed by atoms with Crippen LogP contribution in [0.2, 0.25) is 0 Å². The van der Waals surface area contributed by atoms with Gasteiger partial charge in [-0.15, -0.1) is 0 Å². The maximum Gasteiger partial charge on any atom is 0.0730 e. The van der Waals surface area contributed by atoms with Gasteiger partial charge in [-0.1, -0.05) is 51.7 Å².